The van der Waals surface area contributed by atoms with Gasteiger partial charge in [0.05, 0.1) is 6.42 Å². The molecule has 4 N–H and O–H groups in total. The summed E-state index contributed by atoms with van der Waals surface area (Å²) in [7, 11) is 0. The second-order valence-corrected chi connectivity index (χ2v) is 8.38. The molecule has 9 heteroatoms. The van der Waals surface area contributed by atoms with Crippen molar-refractivity contribution in [2.24, 2.45) is 0 Å². The number of carboxylic acid groups (broad SMARTS) is 1. The predicted octanol–water partition coefficient (Wildman–Crippen LogP) is 2.33. The van der Waals surface area contributed by atoms with E-state index >= 15 is 0 Å². The average Bonchev–Trinajstić information content (AvgIpc) is 2.69. The number of benzene rings is 2. The lowest BCUT2D eigenvalue weighted by Crippen LogP contribution is -2.53. The maximum Gasteiger partial charge on any atom is 0.408 e. The average molecular weight is 444 g/mol. The zero-order valence-corrected chi connectivity index (χ0v) is 18.6. The third-order valence-electron chi connectivity index (χ3n) is 4.47. The lowest BCUT2D eigenvalue weighted by Gasteiger charge is -2.23. The molecule has 0 heterocycles. The molecule has 3 amide bonds. The Bertz CT molecular complexity index is 993. The normalized spacial score (nSPS) is 13.0. The van der Waals surface area contributed by atoms with Crippen LogP contribution in [0.5, 0.6) is 0 Å². The molecule has 9 nitrogen and oxygen atoms in total. The number of rotatable bonds is 8. The Labute approximate surface area is 186 Å². The molecule has 0 aliphatic heterocycles. The topological polar surface area (TPSA) is 134 Å². The van der Waals surface area contributed by atoms with Crippen molar-refractivity contribution in [3.05, 3.63) is 48.0 Å². The van der Waals surface area contributed by atoms with Crippen LogP contribution in [0.3, 0.4) is 0 Å². The molecule has 32 heavy (non-hydrogen) atoms. The third-order valence-corrected chi connectivity index (χ3v) is 4.47. The number of amides is 3. The summed E-state index contributed by atoms with van der Waals surface area (Å²) in [5.41, 5.74) is 0.105. The van der Waals surface area contributed by atoms with E-state index in [1.165, 1.54) is 6.92 Å². The number of nitrogens with one attached hydrogen (secondary N) is 3. The molecule has 1 unspecified atom stereocenters. The van der Waals surface area contributed by atoms with Crippen LogP contribution >= 0.6 is 0 Å². The first-order valence-corrected chi connectivity index (χ1v) is 10.2. The highest BCUT2D eigenvalue weighted by molar-refractivity contribution is 5.93. The van der Waals surface area contributed by atoms with E-state index in [0.717, 1.165) is 16.3 Å². The fourth-order valence-electron chi connectivity index (χ4n) is 3.00. The number of fused-ring (bicyclic) bond motifs is 1. The monoisotopic (exact) mass is 443 g/mol. The summed E-state index contributed by atoms with van der Waals surface area (Å²) >= 11 is 0. The van der Waals surface area contributed by atoms with Gasteiger partial charge in [-0.25, -0.2) is 4.79 Å². The van der Waals surface area contributed by atoms with Crippen molar-refractivity contribution in [1.29, 1.82) is 0 Å². The molecule has 2 aromatic rings. The van der Waals surface area contributed by atoms with Crippen LogP contribution in [0.15, 0.2) is 42.5 Å². The van der Waals surface area contributed by atoms with Gasteiger partial charge in [0.25, 0.3) is 0 Å². The van der Waals surface area contributed by atoms with E-state index in [-0.39, 0.29) is 6.54 Å². The molecular weight excluding hydrogens is 414 g/mol. The molecule has 0 bridgehead atoms. The maximum atomic E-state index is 12.5. The van der Waals surface area contributed by atoms with Gasteiger partial charge in [-0.15, -0.1) is 0 Å². The van der Waals surface area contributed by atoms with Crippen LogP contribution in [-0.4, -0.2) is 46.7 Å². The number of ether oxygens (including phenoxy) is 1. The molecule has 172 valence electrons. The Kier molecular flexibility index (Phi) is 8.17. The van der Waals surface area contributed by atoms with Crippen LogP contribution in [0.1, 0.15) is 39.7 Å². The van der Waals surface area contributed by atoms with Crippen molar-refractivity contribution in [3.8, 4) is 0 Å². The Morgan fingerprint density at radius 2 is 1.62 bits per heavy atom. The number of hydrogen-bond acceptors (Lipinski definition) is 5. The fraction of sp³-hybridized carbons (Fsp3) is 0.391. The second-order valence-electron chi connectivity index (χ2n) is 8.38. The Balaban J connectivity index is 1.97. The summed E-state index contributed by atoms with van der Waals surface area (Å²) in [4.78, 5) is 48.1. The molecule has 2 aromatic carbocycles. The number of hydrogen-bond donors (Lipinski definition) is 4. The lowest BCUT2D eigenvalue weighted by molar-refractivity contribution is -0.140. The van der Waals surface area contributed by atoms with Crippen molar-refractivity contribution in [2.75, 3.05) is 0 Å². The van der Waals surface area contributed by atoms with E-state index in [1.54, 1.807) is 20.8 Å². The van der Waals surface area contributed by atoms with Gasteiger partial charge in [-0.05, 0) is 44.0 Å². The van der Waals surface area contributed by atoms with Gasteiger partial charge in [0.15, 0.2) is 0 Å². The third kappa shape index (κ3) is 7.57. The van der Waals surface area contributed by atoms with Gasteiger partial charge in [0.1, 0.15) is 17.7 Å². The minimum absolute atomic E-state index is 0.259. The Morgan fingerprint density at radius 3 is 2.28 bits per heavy atom. The summed E-state index contributed by atoms with van der Waals surface area (Å²) < 4.78 is 5.07. The summed E-state index contributed by atoms with van der Waals surface area (Å²) in [6.45, 7) is 6.65. The van der Waals surface area contributed by atoms with E-state index < -0.39 is 48.0 Å². The van der Waals surface area contributed by atoms with Gasteiger partial charge in [0.2, 0.25) is 11.8 Å². The molecule has 0 aromatic heterocycles. The predicted molar refractivity (Wildman–Crippen MR) is 119 cm³/mol. The number of carbonyl (C=O) groups is 4. The molecule has 2 atom stereocenters. The quantitative estimate of drug-likeness (QED) is 0.495. The van der Waals surface area contributed by atoms with Crippen LogP contribution in [0.2, 0.25) is 0 Å². The van der Waals surface area contributed by atoms with Crippen molar-refractivity contribution >= 4 is 34.6 Å². The summed E-state index contributed by atoms with van der Waals surface area (Å²) in [5, 5.41) is 18.6. The zero-order chi connectivity index (χ0) is 23.9. The van der Waals surface area contributed by atoms with Gasteiger partial charge >= 0.3 is 12.1 Å². The minimum Gasteiger partial charge on any atom is -0.481 e. The van der Waals surface area contributed by atoms with Gasteiger partial charge in [-0.2, -0.15) is 0 Å². The smallest absolute Gasteiger partial charge is 0.408 e. The highest BCUT2D eigenvalue weighted by atomic mass is 16.6. The molecule has 2 rings (SSSR count). The molecule has 0 spiro atoms. The largest absolute Gasteiger partial charge is 0.481 e. The van der Waals surface area contributed by atoms with Crippen LogP contribution in [0.4, 0.5) is 4.79 Å². The van der Waals surface area contributed by atoms with Crippen molar-refractivity contribution in [3.63, 3.8) is 0 Å². The second kappa shape index (κ2) is 10.6. The Hall–Kier alpha value is -3.62. The molecule has 0 saturated heterocycles. The van der Waals surface area contributed by atoms with E-state index in [4.69, 9.17) is 9.84 Å². The minimum atomic E-state index is -1.39. The molecule has 0 aliphatic carbocycles. The molecule has 0 saturated carbocycles. The fourth-order valence-corrected chi connectivity index (χ4v) is 3.00. The van der Waals surface area contributed by atoms with Crippen LogP contribution in [-0.2, 0) is 25.7 Å². The van der Waals surface area contributed by atoms with E-state index in [0.29, 0.717) is 0 Å². The molecule has 0 radical (unpaired) electrons. The number of alkyl carbamates (subject to hydrolysis) is 1. The highest BCUT2D eigenvalue weighted by Crippen LogP contribution is 2.18. The summed E-state index contributed by atoms with van der Waals surface area (Å²) in [5.74, 6) is -2.53. The van der Waals surface area contributed by atoms with Gasteiger partial charge in [-0.1, -0.05) is 42.5 Å². The molecule has 0 aliphatic rings. The van der Waals surface area contributed by atoms with Gasteiger partial charge in [0, 0.05) is 6.54 Å². The van der Waals surface area contributed by atoms with E-state index in [2.05, 4.69) is 16.0 Å². The van der Waals surface area contributed by atoms with E-state index in [9.17, 15) is 19.2 Å². The van der Waals surface area contributed by atoms with Crippen LogP contribution in [0.25, 0.3) is 10.8 Å². The van der Waals surface area contributed by atoms with Crippen molar-refractivity contribution in [2.45, 2.75) is 58.3 Å². The van der Waals surface area contributed by atoms with E-state index in [1.807, 2.05) is 42.5 Å². The standard InChI is InChI=1S/C23H29N3O6/c1-14(20(29)24-13-16-10-7-9-15-8-5-6-11-17(15)16)25-21(30)18(12-19(27)28)26-22(31)32-23(2,3)4/h5-11,14,18H,12-13H2,1-4H3,(H,24,29)(H,25,30)(H,26,31)(H,27,28)/t14?,18-/m0/s1. The van der Waals surface area contributed by atoms with Gasteiger partial charge in [-0.3, -0.25) is 14.4 Å². The van der Waals surface area contributed by atoms with Crippen LogP contribution in [0, 0.1) is 0 Å². The first kappa shape index (κ1) is 24.6. The summed E-state index contributed by atoms with van der Waals surface area (Å²) in [6, 6.07) is 11.2. The molecule has 0 fully saturated rings. The summed E-state index contributed by atoms with van der Waals surface area (Å²) in [6.07, 6.45) is -1.58. The number of carbonyl (C=O) groups excluding carboxylic acids is 3. The number of aliphatic carboxylic acids is 1. The Morgan fingerprint density at radius 1 is 0.969 bits per heavy atom. The molecular formula is C23H29N3O6. The van der Waals surface area contributed by atoms with Crippen LogP contribution < -0.4 is 16.0 Å². The van der Waals surface area contributed by atoms with Gasteiger partial charge < -0.3 is 25.8 Å². The SMILES string of the molecule is CC(NC(=O)[C@H](CC(=O)O)NC(=O)OC(C)(C)C)C(=O)NCc1cccc2ccccc12. The maximum absolute atomic E-state index is 12.5. The van der Waals surface area contributed by atoms with Crippen molar-refractivity contribution < 1.29 is 29.0 Å². The zero-order valence-electron chi connectivity index (χ0n) is 18.6. The lowest BCUT2D eigenvalue weighted by atomic mass is 10.0. The first-order chi connectivity index (χ1) is 15.0. The van der Waals surface area contributed by atoms with Crippen molar-refractivity contribution in [1.82, 2.24) is 16.0 Å². The highest BCUT2D eigenvalue weighted by Gasteiger charge is 2.28. The number of carboxylic acids is 1. The first-order valence-electron chi connectivity index (χ1n) is 10.2.